The van der Waals surface area contributed by atoms with Crippen molar-refractivity contribution in [1.29, 1.82) is 0 Å². The van der Waals surface area contributed by atoms with Gasteiger partial charge in [-0.2, -0.15) is 4.98 Å². The second-order valence-corrected chi connectivity index (χ2v) is 4.05. The Hall–Kier alpha value is -2.51. The summed E-state index contributed by atoms with van der Waals surface area (Å²) in [5.41, 5.74) is 0.700. The zero-order chi connectivity index (χ0) is 13.8. The fourth-order valence-electron chi connectivity index (χ4n) is 1.56. The first-order valence-corrected chi connectivity index (χ1v) is 5.70. The molecule has 0 saturated heterocycles. The molecule has 2 heterocycles. The highest BCUT2D eigenvalue weighted by Gasteiger charge is 2.15. The molecule has 2 aromatic heterocycles. The molecule has 8 heteroatoms. The van der Waals surface area contributed by atoms with Gasteiger partial charge in [0.1, 0.15) is 0 Å². The van der Waals surface area contributed by atoms with Crippen LogP contribution in [-0.4, -0.2) is 26.6 Å². The molecule has 100 valence electrons. The van der Waals surface area contributed by atoms with Gasteiger partial charge in [-0.3, -0.25) is 10.1 Å². The van der Waals surface area contributed by atoms with Crippen LogP contribution < -0.4 is 5.32 Å². The van der Waals surface area contributed by atoms with E-state index in [-0.39, 0.29) is 11.5 Å². The molecule has 0 fully saturated rings. The van der Waals surface area contributed by atoms with Gasteiger partial charge in [0.2, 0.25) is 11.7 Å². The van der Waals surface area contributed by atoms with E-state index in [2.05, 4.69) is 20.4 Å². The van der Waals surface area contributed by atoms with Crippen molar-refractivity contribution in [2.24, 2.45) is 0 Å². The molecule has 0 unspecified atom stereocenters. The molecule has 0 aliphatic carbocycles. The smallest absolute Gasteiger partial charge is 0.311 e. The summed E-state index contributed by atoms with van der Waals surface area (Å²) in [7, 11) is 0. The molecule has 0 bridgehead atoms. The standard InChI is InChI=1S/C11H13N5O3/c1-7-5-9(16(17)18)11(13-6-7)12-4-3-10-14-8(2)15-19-10/h5-6H,3-4H2,1-2H3,(H,12,13). The number of nitrogens with one attached hydrogen (secondary N) is 1. The molecule has 2 rings (SSSR count). The van der Waals surface area contributed by atoms with E-state index in [0.717, 1.165) is 5.56 Å². The normalized spacial score (nSPS) is 10.4. The van der Waals surface area contributed by atoms with E-state index in [9.17, 15) is 10.1 Å². The van der Waals surface area contributed by atoms with Crippen molar-refractivity contribution in [3.63, 3.8) is 0 Å². The number of aromatic nitrogens is 3. The highest BCUT2D eigenvalue weighted by Crippen LogP contribution is 2.22. The molecule has 19 heavy (non-hydrogen) atoms. The number of pyridine rings is 1. The third kappa shape index (κ3) is 3.24. The number of hydrogen-bond acceptors (Lipinski definition) is 7. The summed E-state index contributed by atoms with van der Waals surface area (Å²) in [5, 5.41) is 17.5. The Morgan fingerprint density at radius 3 is 2.89 bits per heavy atom. The lowest BCUT2D eigenvalue weighted by Gasteiger charge is -2.04. The van der Waals surface area contributed by atoms with Crippen LogP contribution in [0.15, 0.2) is 16.8 Å². The number of anilines is 1. The van der Waals surface area contributed by atoms with Crippen LogP contribution >= 0.6 is 0 Å². The number of rotatable bonds is 5. The average Bonchev–Trinajstić information content (AvgIpc) is 2.77. The molecule has 0 radical (unpaired) electrons. The lowest BCUT2D eigenvalue weighted by molar-refractivity contribution is -0.384. The number of nitrogens with zero attached hydrogens (tertiary/aromatic N) is 4. The van der Waals surface area contributed by atoms with E-state index in [1.807, 2.05) is 0 Å². The Balaban J connectivity index is 2.01. The summed E-state index contributed by atoms with van der Waals surface area (Å²) in [6.45, 7) is 3.91. The second kappa shape index (κ2) is 5.42. The van der Waals surface area contributed by atoms with Crippen molar-refractivity contribution in [3.05, 3.63) is 39.7 Å². The summed E-state index contributed by atoms with van der Waals surface area (Å²) in [4.78, 5) is 18.5. The molecule has 0 saturated carbocycles. The monoisotopic (exact) mass is 263 g/mol. The average molecular weight is 263 g/mol. The number of hydrogen-bond donors (Lipinski definition) is 1. The van der Waals surface area contributed by atoms with Gasteiger partial charge in [-0.15, -0.1) is 0 Å². The summed E-state index contributed by atoms with van der Waals surface area (Å²) in [6.07, 6.45) is 2.06. The third-order valence-corrected chi connectivity index (χ3v) is 2.40. The van der Waals surface area contributed by atoms with E-state index in [0.29, 0.717) is 24.7 Å². The fraction of sp³-hybridized carbons (Fsp3) is 0.364. The summed E-state index contributed by atoms with van der Waals surface area (Å²) in [5.74, 6) is 1.29. The SMILES string of the molecule is Cc1cnc(NCCc2nc(C)no2)c([N+](=O)[O-])c1. The Morgan fingerprint density at radius 1 is 1.47 bits per heavy atom. The maximum Gasteiger partial charge on any atom is 0.311 e. The molecule has 0 spiro atoms. The van der Waals surface area contributed by atoms with Crippen LogP contribution in [0.4, 0.5) is 11.5 Å². The summed E-state index contributed by atoms with van der Waals surface area (Å²) < 4.78 is 4.94. The lowest BCUT2D eigenvalue weighted by atomic mass is 10.3. The van der Waals surface area contributed by atoms with Gasteiger partial charge in [0, 0.05) is 25.2 Å². The van der Waals surface area contributed by atoms with Crippen LogP contribution in [0.3, 0.4) is 0 Å². The van der Waals surface area contributed by atoms with Gasteiger partial charge in [0.25, 0.3) is 0 Å². The minimum Gasteiger partial charge on any atom is -0.364 e. The Kier molecular flexibility index (Phi) is 3.69. The van der Waals surface area contributed by atoms with E-state index in [4.69, 9.17) is 4.52 Å². The molecule has 8 nitrogen and oxygen atoms in total. The first-order valence-electron chi connectivity index (χ1n) is 5.70. The molecule has 0 aliphatic heterocycles. The van der Waals surface area contributed by atoms with Crippen molar-refractivity contribution >= 4 is 11.5 Å². The Bertz CT molecular complexity index is 596. The maximum absolute atomic E-state index is 10.9. The minimum atomic E-state index is -0.459. The Morgan fingerprint density at radius 2 is 2.26 bits per heavy atom. The molecule has 0 aliphatic rings. The maximum atomic E-state index is 10.9. The van der Waals surface area contributed by atoms with Crippen LogP contribution in [0.25, 0.3) is 0 Å². The highest BCUT2D eigenvalue weighted by molar-refractivity contribution is 5.56. The predicted molar refractivity (Wildman–Crippen MR) is 66.9 cm³/mol. The van der Waals surface area contributed by atoms with Crippen LogP contribution in [0, 0.1) is 24.0 Å². The van der Waals surface area contributed by atoms with Crippen LogP contribution in [0.5, 0.6) is 0 Å². The van der Waals surface area contributed by atoms with E-state index in [1.54, 1.807) is 20.0 Å². The van der Waals surface area contributed by atoms with Gasteiger partial charge in [-0.05, 0) is 19.4 Å². The topological polar surface area (TPSA) is 107 Å². The van der Waals surface area contributed by atoms with Crippen molar-refractivity contribution in [2.45, 2.75) is 20.3 Å². The van der Waals surface area contributed by atoms with Crippen molar-refractivity contribution in [3.8, 4) is 0 Å². The third-order valence-electron chi connectivity index (χ3n) is 2.40. The molecular weight excluding hydrogens is 250 g/mol. The first-order chi connectivity index (χ1) is 9.06. The number of nitro groups is 1. The molecular formula is C11H13N5O3. The summed E-state index contributed by atoms with van der Waals surface area (Å²) >= 11 is 0. The van der Waals surface area contributed by atoms with Gasteiger partial charge in [-0.1, -0.05) is 5.16 Å². The van der Waals surface area contributed by atoms with Crippen molar-refractivity contribution in [1.82, 2.24) is 15.1 Å². The van der Waals surface area contributed by atoms with Gasteiger partial charge in [0.05, 0.1) is 4.92 Å². The predicted octanol–water partition coefficient (Wildman–Crippen LogP) is 1.64. The zero-order valence-electron chi connectivity index (χ0n) is 10.6. The van der Waals surface area contributed by atoms with E-state index < -0.39 is 4.92 Å². The molecule has 1 N–H and O–H groups in total. The fourth-order valence-corrected chi connectivity index (χ4v) is 1.56. The van der Waals surface area contributed by atoms with Gasteiger partial charge in [-0.25, -0.2) is 4.98 Å². The van der Waals surface area contributed by atoms with E-state index in [1.165, 1.54) is 6.07 Å². The molecule has 0 atom stereocenters. The molecule has 0 amide bonds. The van der Waals surface area contributed by atoms with Gasteiger partial charge >= 0.3 is 5.69 Å². The minimum absolute atomic E-state index is 0.0401. The molecule has 0 aromatic carbocycles. The number of aryl methyl sites for hydroxylation is 2. The van der Waals surface area contributed by atoms with E-state index >= 15 is 0 Å². The molecule has 2 aromatic rings. The summed E-state index contributed by atoms with van der Waals surface area (Å²) in [6, 6.07) is 1.48. The Labute approximate surface area is 109 Å². The second-order valence-electron chi connectivity index (χ2n) is 4.05. The van der Waals surface area contributed by atoms with Gasteiger partial charge < -0.3 is 9.84 Å². The first kappa shape index (κ1) is 12.9. The van der Waals surface area contributed by atoms with Crippen molar-refractivity contribution in [2.75, 3.05) is 11.9 Å². The van der Waals surface area contributed by atoms with Gasteiger partial charge in [0.15, 0.2) is 5.82 Å². The van der Waals surface area contributed by atoms with Crippen LogP contribution in [-0.2, 0) is 6.42 Å². The van der Waals surface area contributed by atoms with Crippen LogP contribution in [0.1, 0.15) is 17.3 Å². The zero-order valence-corrected chi connectivity index (χ0v) is 10.6. The lowest BCUT2D eigenvalue weighted by Crippen LogP contribution is -2.09. The van der Waals surface area contributed by atoms with Crippen molar-refractivity contribution < 1.29 is 9.45 Å². The highest BCUT2D eigenvalue weighted by atomic mass is 16.6. The quantitative estimate of drug-likeness (QED) is 0.645. The van der Waals surface area contributed by atoms with Crippen LogP contribution in [0.2, 0.25) is 0 Å². The largest absolute Gasteiger partial charge is 0.364 e.